The number of rotatable bonds is 7. The molecule has 0 aromatic heterocycles. The fourth-order valence-electron chi connectivity index (χ4n) is 4.10. The van der Waals surface area contributed by atoms with Crippen LogP contribution in [-0.2, 0) is 14.3 Å². The predicted molar refractivity (Wildman–Crippen MR) is 148 cm³/mol. The van der Waals surface area contributed by atoms with E-state index in [4.69, 9.17) is 4.74 Å². The summed E-state index contributed by atoms with van der Waals surface area (Å²) < 4.78 is 5.31. The third kappa shape index (κ3) is 4.93. The van der Waals surface area contributed by atoms with Crippen molar-refractivity contribution >= 4 is 53.4 Å². The zero-order valence-corrected chi connectivity index (χ0v) is 21.0. The van der Waals surface area contributed by atoms with Crippen molar-refractivity contribution in [1.29, 1.82) is 0 Å². The van der Waals surface area contributed by atoms with Gasteiger partial charge < -0.3 is 10.1 Å². The number of anilines is 1. The standard InChI is InChI=1S/C29H24NO3PS/c1-33-29(32)26(27(35)28(31)30-22-14-6-2-7-15-22)34(23-16-8-3-9-17-23,24-18-10-4-11-19-24)25-20-12-5-13-21-25/h2-21H,1H3,(H-,30,31,32,35)/p+1. The van der Waals surface area contributed by atoms with E-state index in [1.54, 1.807) is 12.1 Å². The number of carbonyl (C=O) groups excluding carboxylic acids is 2. The van der Waals surface area contributed by atoms with Crippen LogP contribution in [0.4, 0.5) is 5.69 Å². The Kier molecular flexibility index (Phi) is 7.81. The van der Waals surface area contributed by atoms with Crippen molar-refractivity contribution in [1.82, 2.24) is 0 Å². The van der Waals surface area contributed by atoms with Crippen LogP contribution in [0.2, 0.25) is 0 Å². The Morgan fingerprint density at radius 2 is 1.03 bits per heavy atom. The number of hydrogen-bond acceptors (Lipinski definition) is 4. The second kappa shape index (κ2) is 11.2. The number of esters is 1. The van der Waals surface area contributed by atoms with Gasteiger partial charge in [0.15, 0.2) is 7.26 Å². The van der Waals surface area contributed by atoms with Crippen LogP contribution < -0.4 is 21.2 Å². The van der Waals surface area contributed by atoms with Crippen LogP contribution in [-0.4, -0.2) is 19.0 Å². The Bertz CT molecular complexity index is 1230. The Hall–Kier alpha value is -3.66. The number of ether oxygens (including phenoxy) is 1. The van der Waals surface area contributed by atoms with Crippen LogP contribution >= 0.6 is 19.9 Å². The van der Waals surface area contributed by atoms with Gasteiger partial charge >= 0.3 is 5.97 Å². The zero-order chi connectivity index (χ0) is 24.7. The molecule has 35 heavy (non-hydrogen) atoms. The largest absolute Gasteiger partial charge is 0.463 e. The molecule has 4 aromatic carbocycles. The Morgan fingerprint density at radius 1 is 0.657 bits per heavy atom. The molecular formula is C29H25NO3PS+. The zero-order valence-electron chi connectivity index (χ0n) is 19.2. The third-order valence-electron chi connectivity index (χ3n) is 5.62. The molecule has 4 rings (SSSR count). The molecule has 0 aliphatic carbocycles. The number of carbonyl (C=O) groups is 2. The van der Waals surface area contributed by atoms with E-state index in [1.807, 2.05) is 109 Å². The van der Waals surface area contributed by atoms with Crippen LogP contribution in [0.5, 0.6) is 0 Å². The summed E-state index contributed by atoms with van der Waals surface area (Å²) in [6.45, 7) is 0. The number of amides is 1. The fourth-order valence-corrected chi connectivity index (χ4v) is 9.01. The summed E-state index contributed by atoms with van der Waals surface area (Å²) in [6.07, 6.45) is 0. The molecule has 0 spiro atoms. The average molecular weight is 499 g/mol. The Morgan fingerprint density at radius 3 is 1.40 bits per heavy atom. The summed E-state index contributed by atoms with van der Waals surface area (Å²) in [4.78, 5) is 27.1. The highest BCUT2D eigenvalue weighted by Crippen LogP contribution is 2.64. The van der Waals surface area contributed by atoms with Crippen LogP contribution in [0, 0.1) is 0 Å². The van der Waals surface area contributed by atoms with Gasteiger partial charge in [0.1, 0.15) is 20.8 Å². The van der Waals surface area contributed by atoms with Gasteiger partial charge in [-0.3, -0.25) is 4.79 Å². The van der Waals surface area contributed by atoms with Crippen LogP contribution in [0.1, 0.15) is 0 Å². The second-order valence-corrected chi connectivity index (χ2v) is 11.5. The summed E-state index contributed by atoms with van der Waals surface area (Å²) in [6, 6.07) is 38.5. The predicted octanol–water partition coefficient (Wildman–Crippen LogP) is 4.93. The van der Waals surface area contributed by atoms with E-state index < -0.39 is 19.1 Å². The first-order valence-corrected chi connectivity index (χ1v) is 13.3. The maximum absolute atomic E-state index is 13.6. The van der Waals surface area contributed by atoms with E-state index >= 15 is 0 Å². The van der Waals surface area contributed by atoms with Crippen molar-refractivity contribution in [2.24, 2.45) is 0 Å². The number of para-hydroxylation sites is 1. The molecule has 0 bridgehead atoms. The van der Waals surface area contributed by atoms with Crippen molar-refractivity contribution in [3.63, 3.8) is 0 Å². The average Bonchev–Trinajstić information content (AvgIpc) is 2.93. The number of methoxy groups -OCH3 is 1. The first kappa shape index (κ1) is 24.5. The van der Waals surface area contributed by atoms with Gasteiger partial charge in [0.25, 0.3) is 5.91 Å². The molecule has 4 aromatic rings. The summed E-state index contributed by atoms with van der Waals surface area (Å²) in [5.74, 6) is -1.07. The highest BCUT2D eigenvalue weighted by Gasteiger charge is 2.55. The van der Waals surface area contributed by atoms with E-state index in [2.05, 4.69) is 17.9 Å². The molecular weight excluding hydrogens is 473 g/mol. The van der Waals surface area contributed by atoms with Gasteiger partial charge in [0.2, 0.25) is 5.31 Å². The van der Waals surface area contributed by atoms with Crippen molar-refractivity contribution in [2.45, 2.75) is 0 Å². The molecule has 174 valence electrons. The molecule has 0 aliphatic rings. The molecule has 1 N–H and O–H groups in total. The Balaban J connectivity index is 2.08. The quantitative estimate of drug-likeness (QED) is 0.164. The molecule has 0 saturated carbocycles. The number of hydrogen-bond donors (Lipinski definition) is 2. The maximum Gasteiger partial charge on any atom is 0.376 e. The third-order valence-corrected chi connectivity index (χ3v) is 10.5. The molecule has 6 heteroatoms. The summed E-state index contributed by atoms with van der Waals surface area (Å²) in [5, 5.41) is 5.84. The molecule has 1 amide bonds. The monoisotopic (exact) mass is 498 g/mol. The van der Waals surface area contributed by atoms with Gasteiger partial charge in [0, 0.05) is 5.69 Å². The number of thiol groups is 1. The Labute approximate surface area is 211 Å². The van der Waals surface area contributed by atoms with Crippen molar-refractivity contribution in [2.75, 3.05) is 12.4 Å². The fraction of sp³-hybridized carbons (Fsp3) is 0.0345. The summed E-state index contributed by atoms with van der Waals surface area (Å²) in [7, 11) is -1.56. The van der Waals surface area contributed by atoms with Crippen molar-refractivity contribution in [3.8, 4) is 0 Å². The minimum atomic E-state index is -2.88. The molecule has 4 nitrogen and oxygen atoms in total. The SMILES string of the molecule is COC(=O)C(=C(S)C(=O)Nc1ccccc1)[P+](c1ccccc1)(c1ccccc1)c1ccccc1. The minimum Gasteiger partial charge on any atom is -0.463 e. The molecule has 0 saturated heterocycles. The highest BCUT2D eigenvalue weighted by atomic mass is 32.1. The van der Waals surface area contributed by atoms with Gasteiger partial charge in [0.05, 0.1) is 7.11 Å². The lowest BCUT2D eigenvalue weighted by Crippen LogP contribution is -2.36. The lowest BCUT2D eigenvalue weighted by atomic mass is 10.3. The molecule has 0 unspecified atom stereocenters. The highest BCUT2D eigenvalue weighted by molar-refractivity contribution is 8.00. The normalized spacial score (nSPS) is 11.8. The van der Waals surface area contributed by atoms with Gasteiger partial charge in [-0.25, -0.2) is 4.79 Å². The number of nitrogens with one attached hydrogen (secondary N) is 1. The second-order valence-electron chi connectivity index (χ2n) is 7.69. The molecule has 0 fully saturated rings. The van der Waals surface area contributed by atoms with E-state index in [9.17, 15) is 9.59 Å². The molecule has 0 aliphatic heterocycles. The van der Waals surface area contributed by atoms with E-state index in [0.29, 0.717) is 5.69 Å². The summed E-state index contributed by atoms with van der Waals surface area (Å²) >= 11 is 4.68. The van der Waals surface area contributed by atoms with Crippen LogP contribution in [0.15, 0.2) is 132 Å². The smallest absolute Gasteiger partial charge is 0.376 e. The number of benzene rings is 4. The van der Waals surface area contributed by atoms with E-state index in [0.717, 1.165) is 15.9 Å². The molecule has 0 heterocycles. The van der Waals surface area contributed by atoms with Crippen LogP contribution in [0.25, 0.3) is 0 Å². The molecule has 0 atom stereocenters. The summed E-state index contributed by atoms with van der Waals surface area (Å²) in [5.41, 5.74) is 0.608. The van der Waals surface area contributed by atoms with Gasteiger partial charge in [-0.2, -0.15) is 0 Å². The van der Waals surface area contributed by atoms with Gasteiger partial charge in [-0.05, 0) is 48.5 Å². The van der Waals surface area contributed by atoms with E-state index in [1.165, 1.54) is 7.11 Å². The maximum atomic E-state index is 13.6. The van der Waals surface area contributed by atoms with Gasteiger partial charge in [-0.15, -0.1) is 12.6 Å². The minimum absolute atomic E-state index is 0.0191. The van der Waals surface area contributed by atoms with Crippen molar-refractivity contribution < 1.29 is 14.3 Å². The van der Waals surface area contributed by atoms with Gasteiger partial charge in [-0.1, -0.05) is 72.8 Å². The van der Waals surface area contributed by atoms with Crippen LogP contribution in [0.3, 0.4) is 0 Å². The topological polar surface area (TPSA) is 55.4 Å². The van der Waals surface area contributed by atoms with Crippen molar-refractivity contribution in [3.05, 3.63) is 132 Å². The van der Waals surface area contributed by atoms with E-state index in [-0.39, 0.29) is 10.2 Å². The lowest BCUT2D eigenvalue weighted by Gasteiger charge is -2.29. The molecule has 0 radical (unpaired) electrons. The first-order chi connectivity index (χ1) is 17.1. The first-order valence-electron chi connectivity index (χ1n) is 11.0. The lowest BCUT2D eigenvalue weighted by molar-refractivity contribution is -0.135.